The van der Waals surface area contributed by atoms with Gasteiger partial charge in [-0.25, -0.2) is 0 Å². The van der Waals surface area contributed by atoms with E-state index in [0.717, 1.165) is 41.4 Å². The average molecular weight is 250 g/mol. The lowest BCUT2D eigenvalue weighted by Crippen LogP contribution is -2.38. The molecule has 0 aliphatic heterocycles. The smallest absolute Gasteiger partial charge is 0.0243 e. The predicted octanol–water partition coefficient (Wildman–Crippen LogP) is 5.62. The SMILES string of the molecule is CCC1C(C)CC1C(C)CC1C(C)C1(C)C(C)C. The first-order chi connectivity index (χ1) is 8.33. The van der Waals surface area contributed by atoms with Crippen LogP contribution in [0.3, 0.4) is 0 Å². The van der Waals surface area contributed by atoms with E-state index in [2.05, 4.69) is 48.5 Å². The molecule has 2 fully saturated rings. The molecule has 0 radical (unpaired) electrons. The fraction of sp³-hybridized carbons (Fsp3) is 1.00. The van der Waals surface area contributed by atoms with Crippen molar-refractivity contribution in [2.75, 3.05) is 0 Å². The maximum absolute atomic E-state index is 2.53. The molecule has 0 amide bonds. The van der Waals surface area contributed by atoms with Gasteiger partial charge < -0.3 is 0 Å². The van der Waals surface area contributed by atoms with Gasteiger partial charge in [-0.2, -0.15) is 0 Å². The highest BCUT2D eigenvalue weighted by molar-refractivity contribution is 5.08. The first-order valence-corrected chi connectivity index (χ1v) is 8.33. The van der Waals surface area contributed by atoms with Gasteiger partial charge in [-0.15, -0.1) is 0 Å². The summed E-state index contributed by atoms with van der Waals surface area (Å²) < 4.78 is 0. The minimum Gasteiger partial charge on any atom is -0.0651 e. The molecule has 106 valence electrons. The monoisotopic (exact) mass is 250 g/mol. The molecule has 0 aromatic carbocycles. The largest absolute Gasteiger partial charge is 0.0651 e. The molecule has 0 heterocycles. The molecule has 2 aliphatic rings. The lowest BCUT2D eigenvalue weighted by molar-refractivity contribution is 0.0302. The van der Waals surface area contributed by atoms with E-state index in [-0.39, 0.29) is 0 Å². The van der Waals surface area contributed by atoms with Gasteiger partial charge in [0.25, 0.3) is 0 Å². The van der Waals surface area contributed by atoms with Crippen LogP contribution in [0, 0.1) is 46.8 Å². The maximum Gasteiger partial charge on any atom is -0.0243 e. The van der Waals surface area contributed by atoms with E-state index in [9.17, 15) is 0 Å². The summed E-state index contributed by atoms with van der Waals surface area (Å²) in [5.74, 6) is 6.83. The summed E-state index contributed by atoms with van der Waals surface area (Å²) in [5, 5.41) is 0. The summed E-state index contributed by atoms with van der Waals surface area (Å²) in [4.78, 5) is 0. The van der Waals surface area contributed by atoms with Crippen molar-refractivity contribution < 1.29 is 0 Å². The van der Waals surface area contributed by atoms with Crippen LogP contribution >= 0.6 is 0 Å². The van der Waals surface area contributed by atoms with Crippen molar-refractivity contribution >= 4 is 0 Å². The second kappa shape index (κ2) is 4.84. The van der Waals surface area contributed by atoms with Crippen molar-refractivity contribution in [1.29, 1.82) is 0 Å². The lowest BCUT2D eigenvalue weighted by Gasteiger charge is -2.46. The van der Waals surface area contributed by atoms with E-state index in [1.807, 2.05) is 0 Å². The van der Waals surface area contributed by atoms with Gasteiger partial charge >= 0.3 is 0 Å². The van der Waals surface area contributed by atoms with Crippen LogP contribution in [-0.4, -0.2) is 0 Å². The molecule has 2 rings (SSSR count). The Kier molecular flexibility index (Phi) is 3.87. The molecule has 2 aliphatic carbocycles. The van der Waals surface area contributed by atoms with Crippen LogP contribution in [0.5, 0.6) is 0 Å². The second-order valence-electron chi connectivity index (χ2n) is 8.08. The fourth-order valence-corrected chi connectivity index (χ4v) is 5.21. The minimum atomic E-state index is 0.644. The van der Waals surface area contributed by atoms with Crippen molar-refractivity contribution in [3.8, 4) is 0 Å². The van der Waals surface area contributed by atoms with Crippen molar-refractivity contribution in [1.82, 2.24) is 0 Å². The molecule has 7 atom stereocenters. The van der Waals surface area contributed by atoms with Crippen LogP contribution in [0.2, 0.25) is 0 Å². The zero-order chi connectivity index (χ0) is 13.7. The van der Waals surface area contributed by atoms with Crippen molar-refractivity contribution in [2.45, 2.75) is 67.7 Å². The number of hydrogen-bond donors (Lipinski definition) is 0. The molecule has 0 spiro atoms. The zero-order valence-corrected chi connectivity index (χ0v) is 13.7. The fourth-order valence-electron chi connectivity index (χ4n) is 5.21. The Hall–Kier alpha value is 0. The topological polar surface area (TPSA) is 0 Å². The Morgan fingerprint density at radius 3 is 2.17 bits per heavy atom. The Balaban J connectivity index is 1.88. The first-order valence-electron chi connectivity index (χ1n) is 8.33. The minimum absolute atomic E-state index is 0.644. The quantitative estimate of drug-likeness (QED) is 0.594. The number of rotatable bonds is 5. The van der Waals surface area contributed by atoms with Crippen molar-refractivity contribution in [3.05, 3.63) is 0 Å². The molecule has 7 unspecified atom stereocenters. The van der Waals surface area contributed by atoms with Crippen LogP contribution in [-0.2, 0) is 0 Å². The van der Waals surface area contributed by atoms with Crippen LogP contribution in [0.4, 0.5) is 0 Å². The Bertz CT molecular complexity index is 292. The van der Waals surface area contributed by atoms with Crippen LogP contribution in [0.25, 0.3) is 0 Å². The molecule has 0 aromatic rings. The normalized spacial score (nSPS) is 49.0. The van der Waals surface area contributed by atoms with Gasteiger partial charge in [-0.3, -0.25) is 0 Å². The third kappa shape index (κ3) is 2.04. The maximum atomic E-state index is 2.53. The van der Waals surface area contributed by atoms with E-state index in [1.165, 1.54) is 19.3 Å². The second-order valence-corrected chi connectivity index (χ2v) is 8.08. The summed E-state index contributed by atoms with van der Waals surface area (Å²) in [6.45, 7) is 17.2. The van der Waals surface area contributed by atoms with Gasteiger partial charge in [0.1, 0.15) is 0 Å². The summed E-state index contributed by atoms with van der Waals surface area (Å²) in [7, 11) is 0. The lowest BCUT2D eigenvalue weighted by atomic mass is 9.59. The summed E-state index contributed by atoms with van der Waals surface area (Å²) in [6.07, 6.45) is 4.39. The molecule has 0 nitrogen and oxygen atoms in total. The van der Waals surface area contributed by atoms with E-state index in [4.69, 9.17) is 0 Å². The van der Waals surface area contributed by atoms with Gasteiger partial charge in [0.15, 0.2) is 0 Å². The highest BCUT2D eigenvalue weighted by Gasteiger charge is 2.59. The molecular formula is C18H34. The average Bonchev–Trinajstić information content (AvgIpc) is 2.80. The predicted molar refractivity (Wildman–Crippen MR) is 80.4 cm³/mol. The van der Waals surface area contributed by atoms with Crippen molar-refractivity contribution in [2.24, 2.45) is 46.8 Å². The Labute approximate surface area is 115 Å². The van der Waals surface area contributed by atoms with Crippen LogP contribution in [0.15, 0.2) is 0 Å². The van der Waals surface area contributed by atoms with Gasteiger partial charge in [-0.05, 0) is 59.7 Å². The highest BCUT2D eigenvalue weighted by atomic mass is 14.6. The first kappa shape index (κ1) is 14.4. The van der Waals surface area contributed by atoms with E-state index in [0.29, 0.717) is 5.41 Å². The molecule has 0 aromatic heterocycles. The zero-order valence-electron chi connectivity index (χ0n) is 13.7. The molecule has 18 heavy (non-hydrogen) atoms. The molecule has 0 bridgehead atoms. The van der Waals surface area contributed by atoms with Crippen LogP contribution < -0.4 is 0 Å². The Morgan fingerprint density at radius 1 is 1.17 bits per heavy atom. The number of hydrogen-bond acceptors (Lipinski definition) is 0. The summed E-state index contributed by atoms with van der Waals surface area (Å²) in [5.41, 5.74) is 0.644. The van der Waals surface area contributed by atoms with E-state index >= 15 is 0 Å². The standard InChI is InChI=1S/C18H34/c1-8-15-12(4)9-16(15)13(5)10-17-14(6)18(17,7)11(2)3/h11-17H,8-10H2,1-7H3. The molecule has 0 N–H and O–H groups in total. The third-order valence-corrected chi connectivity index (χ3v) is 7.27. The third-order valence-electron chi connectivity index (χ3n) is 7.27. The molecule has 0 saturated heterocycles. The molecule has 0 heteroatoms. The van der Waals surface area contributed by atoms with E-state index in [1.54, 1.807) is 0 Å². The summed E-state index contributed by atoms with van der Waals surface area (Å²) >= 11 is 0. The van der Waals surface area contributed by atoms with Gasteiger partial charge in [0.2, 0.25) is 0 Å². The molecule has 2 saturated carbocycles. The van der Waals surface area contributed by atoms with Gasteiger partial charge in [-0.1, -0.05) is 54.9 Å². The summed E-state index contributed by atoms with van der Waals surface area (Å²) in [6, 6.07) is 0. The van der Waals surface area contributed by atoms with Gasteiger partial charge in [0.05, 0.1) is 0 Å². The van der Waals surface area contributed by atoms with Crippen LogP contribution in [0.1, 0.15) is 67.7 Å². The Morgan fingerprint density at radius 2 is 1.78 bits per heavy atom. The molecular weight excluding hydrogens is 216 g/mol. The highest BCUT2D eigenvalue weighted by Crippen LogP contribution is 2.66. The van der Waals surface area contributed by atoms with Crippen molar-refractivity contribution in [3.63, 3.8) is 0 Å². The van der Waals surface area contributed by atoms with E-state index < -0.39 is 0 Å². The van der Waals surface area contributed by atoms with Gasteiger partial charge in [0, 0.05) is 0 Å².